The van der Waals surface area contributed by atoms with Crippen LogP contribution < -0.4 is 4.74 Å². The second-order valence-corrected chi connectivity index (χ2v) is 6.85. The highest BCUT2D eigenvalue weighted by atomic mass is 35.5. The van der Waals surface area contributed by atoms with Gasteiger partial charge in [-0.05, 0) is 18.2 Å². The van der Waals surface area contributed by atoms with Gasteiger partial charge in [-0.2, -0.15) is 0 Å². The lowest BCUT2D eigenvalue weighted by Gasteiger charge is -2.14. The van der Waals surface area contributed by atoms with Crippen molar-refractivity contribution in [2.75, 3.05) is 12.4 Å². The molecule has 1 heterocycles. The third-order valence-electron chi connectivity index (χ3n) is 3.26. The van der Waals surface area contributed by atoms with Crippen LogP contribution >= 0.6 is 35.0 Å². The molecule has 0 aliphatic rings. The summed E-state index contributed by atoms with van der Waals surface area (Å²) in [5.74, 6) is 0.820. The Morgan fingerprint density at radius 3 is 2.58 bits per heavy atom. The lowest BCUT2D eigenvalue weighted by Crippen LogP contribution is -2.20. The summed E-state index contributed by atoms with van der Waals surface area (Å²) in [5.41, 5.74) is 0.878. The average Bonchev–Trinajstić information content (AvgIpc) is 2.59. The van der Waals surface area contributed by atoms with Crippen molar-refractivity contribution < 1.29 is 9.84 Å². The number of aliphatic hydroxyl groups excluding tert-OH is 1. The van der Waals surface area contributed by atoms with Gasteiger partial charge in [0.05, 0.1) is 21.7 Å². The molecule has 0 unspecified atom stereocenters. The monoisotopic (exact) mass is 380 g/mol. The van der Waals surface area contributed by atoms with Crippen LogP contribution in [0.25, 0.3) is 10.9 Å². The molecule has 0 spiro atoms. The van der Waals surface area contributed by atoms with Crippen LogP contribution in [0.2, 0.25) is 10.0 Å². The van der Waals surface area contributed by atoms with Crippen molar-refractivity contribution in [2.24, 2.45) is 0 Å². The molecule has 1 N–H and O–H groups in total. The Bertz CT molecular complexity index is 822. The highest BCUT2D eigenvalue weighted by Crippen LogP contribution is 2.32. The molecule has 0 radical (unpaired) electrons. The molecule has 0 aliphatic heterocycles. The van der Waals surface area contributed by atoms with E-state index in [1.165, 1.54) is 18.1 Å². The van der Waals surface area contributed by atoms with Crippen molar-refractivity contribution in [2.45, 2.75) is 11.1 Å². The number of aromatic nitrogens is 2. The molecule has 7 heteroatoms. The molecule has 3 rings (SSSR count). The van der Waals surface area contributed by atoms with Gasteiger partial charge in [-0.25, -0.2) is 9.97 Å². The van der Waals surface area contributed by atoms with Gasteiger partial charge in [0.25, 0.3) is 0 Å². The average molecular weight is 381 g/mol. The molecule has 1 atom stereocenters. The molecule has 0 saturated carbocycles. The summed E-state index contributed by atoms with van der Waals surface area (Å²) >= 11 is 13.5. The second kappa shape index (κ2) is 8.03. The fourth-order valence-corrected chi connectivity index (χ4v) is 3.52. The molecule has 0 fully saturated rings. The lowest BCUT2D eigenvalue weighted by molar-refractivity contribution is 0.126. The van der Waals surface area contributed by atoms with Crippen LogP contribution in [0.3, 0.4) is 0 Å². The lowest BCUT2D eigenvalue weighted by atomic mass is 10.2. The molecular weight excluding hydrogens is 367 g/mol. The fourth-order valence-electron chi connectivity index (χ4n) is 2.12. The Kier molecular flexibility index (Phi) is 5.79. The number of rotatable bonds is 6. The predicted octanol–water partition coefficient (Wildman–Crippen LogP) is 4.47. The van der Waals surface area contributed by atoms with E-state index in [4.69, 9.17) is 27.9 Å². The summed E-state index contributed by atoms with van der Waals surface area (Å²) in [6, 6.07) is 12.9. The minimum atomic E-state index is -0.684. The molecule has 0 aliphatic carbocycles. The van der Waals surface area contributed by atoms with Gasteiger partial charge in [0, 0.05) is 11.1 Å². The second-order valence-electron chi connectivity index (χ2n) is 5.02. The van der Waals surface area contributed by atoms with E-state index in [0.717, 1.165) is 15.9 Å². The molecule has 3 aromatic rings. The van der Waals surface area contributed by atoms with E-state index in [2.05, 4.69) is 9.97 Å². The molecular formula is C17H14Cl2N2O2S. The fraction of sp³-hybridized carbons (Fsp3) is 0.176. The minimum absolute atomic E-state index is 0.0967. The largest absolute Gasteiger partial charge is 0.488 e. The number of ether oxygens (including phenoxy) is 1. The van der Waals surface area contributed by atoms with Crippen molar-refractivity contribution in [1.82, 2.24) is 9.97 Å². The maximum atomic E-state index is 10.2. The van der Waals surface area contributed by atoms with Gasteiger partial charge in [0.15, 0.2) is 5.75 Å². The summed E-state index contributed by atoms with van der Waals surface area (Å²) in [7, 11) is 0. The van der Waals surface area contributed by atoms with Crippen LogP contribution in [0.5, 0.6) is 5.75 Å². The van der Waals surface area contributed by atoms with Crippen molar-refractivity contribution >= 4 is 45.9 Å². The van der Waals surface area contributed by atoms with E-state index < -0.39 is 6.10 Å². The van der Waals surface area contributed by atoms with Gasteiger partial charge in [-0.15, -0.1) is 11.8 Å². The number of thioether (sulfide) groups is 1. The maximum absolute atomic E-state index is 10.2. The molecule has 1 aromatic heterocycles. The predicted molar refractivity (Wildman–Crippen MR) is 98.2 cm³/mol. The number of fused-ring (bicyclic) bond motifs is 1. The Labute approximate surface area is 153 Å². The highest BCUT2D eigenvalue weighted by Gasteiger charge is 2.12. The van der Waals surface area contributed by atoms with Crippen LogP contribution in [-0.4, -0.2) is 33.5 Å². The van der Waals surface area contributed by atoms with Crippen molar-refractivity contribution in [3.05, 3.63) is 58.8 Å². The van der Waals surface area contributed by atoms with E-state index in [-0.39, 0.29) is 6.61 Å². The summed E-state index contributed by atoms with van der Waals surface area (Å²) in [6.07, 6.45) is 0.841. The summed E-state index contributed by atoms with van der Waals surface area (Å²) < 4.78 is 5.55. The Morgan fingerprint density at radius 2 is 1.79 bits per heavy atom. The third-order valence-corrected chi connectivity index (χ3v) is 5.00. The molecule has 2 aromatic carbocycles. The molecule has 4 nitrogen and oxygen atoms in total. The Morgan fingerprint density at radius 1 is 1.04 bits per heavy atom. The normalized spacial score (nSPS) is 12.3. The van der Waals surface area contributed by atoms with Gasteiger partial charge >= 0.3 is 0 Å². The smallest absolute Gasteiger partial charge is 0.156 e. The molecule has 24 heavy (non-hydrogen) atoms. The molecule has 0 saturated heterocycles. The zero-order valence-electron chi connectivity index (χ0n) is 12.5. The quantitative estimate of drug-likeness (QED) is 0.504. The van der Waals surface area contributed by atoms with E-state index in [0.29, 0.717) is 21.5 Å². The first-order valence-electron chi connectivity index (χ1n) is 7.22. The molecule has 0 amide bonds. The topological polar surface area (TPSA) is 55.2 Å². The zero-order valence-corrected chi connectivity index (χ0v) is 14.9. The van der Waals surface area contributed by atoms with Gasteiger partial charge in [0.2, 0.25) is 0 Å². The summed E-state index contributed by atoms with van der Waals surface area (Å²) in [4.78, 5) is 8.51. The van der Waals surface area contributed by atoms with E-state index in [1.54, 1.807) is 18.2 Å². The van der Waals surface area contributed by atoms with Crippen LogP contribution in [-0.2, 0) is 0 Å². The van der Waals surface area contributed by atoms with Crippen LogP contribution in [0.1, 0.15) is 0 Å². The summed E-state index contributed by atoms with van der Waals surface area (Å²) in [5, 5.41) is 12.8. The van der Waals surface area contributed by atoms with Crippen molar-refractivity contribution in [3.63, 3.8) is 0 Å². The van der Waals surface area contributed by atoms with Crippen molar-refractivity contribution in [3.8, 4) is 5.75 Å². The summed E-state index contributed by atoms with van der Waals surface area (Å²) in [6.45, 7) is 0.0967. The number of nitrogens with zero attached hydrogens (tertiary/aromatic N) is 2. The molecule has 0 bridgehead atoms. The highest BCUT2D eigenvalue weighted by molar-refractivity contribution is 7.99. The van der Waals surface area contributed by atoms with Crippen LogP contribution in [0, 0.1) is 0 Å². The first-order valence-corrected chi connectivity index (χ1v) is 8.96. The molecule has 124 valence electrons. The number of para-hydroxylation sites is 2. The van der Waals surface area contributed by atoms with Crippen LogP contribution in [0.15, 0.2) is 53.8 Å². The van der Waals surface area contributed by atoms with Gasteiger partial charge in [0.1, 0.15) is 18.0 Å². The van der Waals surface area contributed by atoms with Crippen LogP contribution in [0.4, 0.5) is 0 Å². The zero-order chi connectivity index (χ0) is 16.9. The number of hydrogen-bond donors (Lipinski definition) is 1. The van der Waals surface area contributed by atoms with Gasteiger partial charge in [-0.3, -0.25) is 0 Å². The number of aliphatic hydroxyl groups is 1. The van der Waals surface area contributed by atoms with E-state index >= 15 is 0 Å². The van der Waals surface area contributed by atoms with Gasteiger partial charge < -0.3 is 9.84 Å². The van der Waals surface area contributed by atoms with Crippen molar-refractivity contribution in [1.29, 1.82) is 0 Å². The Balaban J connectivity index is 1.60. The standard InChI is InChI=1S/C17H14Cl2N2O2S/c18-13-5-3-6-14(19)16(13)23-8-11(22)9-24-17-12-4-1-2-7-15(12)20-10-21-17/h1-7,10-11,22H,8-9H2/t11-/m1/s1. The first-order chi connectivity index (χ1) is 11.6. The Hall–Kier alpha value is -1.53. The third kappa shape index (κ3) is 4.11. The maximum Gasteiger partial charge on any atom is 0.156 e. The first kappa shape index (κ1) is 17.3. The van der Waals surface area contributed by atoms with E-state index in [9.17, 15) is 5.11 Å². The van der Waals surface area contributed by atoms with Gasteiger partial charge in [-0.1, -0.05) is 47.5 Å². The van der Waals surface area contributed by atoms with E-state index in [1.807, 2.05) is 24.3 Å². The number of benzene rings is 2. The minimum Gasteiger partial charge on any atom is -0.488 e. The number of halogens is 2. The SMILES string of the molecule is O[C@H](COc1c(Cl)cccc1Cl)CSc1ncnc2ccccc12. The number of hydrogen-bond acceptors (Lipinski definition) is 5.